The lowest BCUT2D eigenvalue weighted by Crippen LogP contribution is -2.47. The number of benzene rings is 1. The number of likely N-dealkylation sites (N-methyl/N-ethyl adjacent to an activating group) is 1. The van der Waals surface area contributed by atoms with Crippen LogP contribution in [0.1, 0.15) is 18.4 Å². The van der Waals surface area contributed by atoms with Crippen LogP contribution in [0.4, 0.5) is 5.69 Å². The first-order valence-corrected chi connectivity index (χ1v) is 11.5. The molecule has 30 heavy (non-hydrogen) atoms. The molecule has 2 aliphatic rings. The summed E-state index contributed by atoms with van der Waals surface area (Å²) < 4.78 is 13.4. The first kappa shape index (κ1) is 24.9. The Labute approximate surface area is 192 Å². The third-order valence-electron chi connectivity index (χ3n) is 5.78. The largest absolute Gasteiger partial charge is 0.364 e. The van der Waals surface area contributed by atoms with Crippen molar-refractivity contribution in [2.75, 3.05) is 44.4 Å². The van der Waals surface area contributed by atoms with Crippen molar-refractivity contribution in [2.45, 2.75) is 31.2 Å². The third kappa shape index (κ3) is 5.25. The fourth-order valence-electron chi connectivity index (χ4n) is 3.79. The number of hydrogen-bond donors (Lipinski definition) is 0. The van der Waals surface area contributed by atoms with Crippen molar-refractivity contribution in [2.24, 2.45) is 5.92 Å². The summed E-state index contributed by atoms with van der Waals surface area (Å²) in [6.07, 6.45) is 4.04. The Bertz CT molecular complexity index is 953. The molecule has 2 aromatic rings. The number of aromatic nitrogens is 2. The minimum Gasteiger partial charge on any atom is -0.364 e. The van der Waals surface area contributed by atoms with Gasteiger partial charge in [-0.15, -0.1) is 24.8 Å². The number of anilines is 1. The lowest BCUT2D eigenvalue weighted by molar-refractivity contribution is 0.312. The molecule has 0 N–H and O–H groups in total. The molecule has 1 aliphatic heterocycles. The van der Waals surface area contributed by atoms with Crippen LogP contribution in [0, 0.1) is 12.8 Å². The molecule has 1 saturated carbocycles. The molecule has 1 saturated heterocycles. The van der Waals surface area contributed by atoms with E-state index >= 15 is 0 Å². The molecule has 1 atom stereocenters. The van der Waals surface area contributed by atoms with Crippen LogP contribution in [0.5, 0.6) is 0 Å². The molecular weight excluding hydrogens is 443 g/mol. The number of hydrogen-bond acceptors (Lipinski definition) is 5. The molecule has 4 rings (SSSR count). The topological polar surface area (TPSA) is 58.4 Å². The molecule has 0 bridgehead atoms. The normalized spacial score (nSPS) is 17.8. The van der Waals surface area contributed by atoms with E-state index in [9.17, 15) is 9.00 Å². The highest BCUT2D eigenvalue weighted by atomic mass is 35.5. The van der Waals surface area contributed by atoms with Crippen molar-refractivity contribution < 1.29 is 4.21 Å². The third-order valence-corrected chi connectivity index (χ3v) is 6.71. The molecule has 1 aromatic heterocycles. The minimum absolute atomic E-state index is 0. The Morgan fingerprint density at radius 2 is 1.67 bits per heavy atom. The van der Waals surface area contributed by atoms with E-state index in [1.807, 2.05) is 31.2 Å². The predicted octanol–water partition coefficient (Wildman–Crippen LogP) is 2.96. The lowest BCUT2D eigenvalue weighted by Gasteiger charge is -2.34. The van der Waals surface area contributed by atoms with Crippen molar-refractivity contribution >= 4 is 41.3 Å². The number of nitrogens with zero attached hydrogens (tertiary/aromatic N) is 4. The van der Waals surface area contributed by atoms with Crippen molar-refractivity contribution in [1.82, 2.24) is 14.7 Å². The quantitative estimate of drug-likeness (QED) is 0.669. The number of piperazine rings is 1. The Kier molecular flexibility index (Phi) is 8.51. The van der Waals surface area contributed by atoms with E-state index in [-0.39, 0.29) is 30.4 Å². The van der Waals surface area contributed by atoms with E-state index in [0.29, 0.717) is 12.5 Å². The highest BCUT2D eigenvalue weighted by Gasteiger charge is 2.27. The molecule has 166 valence electrons. The highest BCUT2D eigenvalue weighted by Crippen LogP contribution is 2.32. The van der Waals surface area contributed by atoms with Crippen LogP contribution in [0.25, 0.3) is 11.3 Å². The summed E-state index contributed by atoms with van der Waals surface area (Å²) in [6, 6.07) is 7.70. The number of rotatable bonds is 5. The predicted molar refractivity (Wildman–Crippen MR) is 128 cm³/mol. The van der Waals surface area contributed by atoms with Gasteiger partial charge in [0.25, 0.3) is 5.56 Å². The second-order valence-corrected chi connectivity index (χ2v) is 9.40. The molecule has 9 heteroatoms. The van der Waals surface area contributed by atoms with Gasteiger partial charge in [0.1, 0.15) is 5.69 Å². The summed E-state index contributed by atoms with van der Waals surface area (Å²) in [5, 5.41) is 4.76. The van der Waals surface area contributed by atoms with Crippen LogP contribution in [-0.4, -0.2) is 58.4 Å². The zero-order chi connectivity index (χ0) is 19.8. The van der Waals surface area contributed by atoms with Crippen molar-refractivity contribution in [3.05, 3.63) is 40.2 Å². The van der Waals surface area contributed by atoms with Gasteiger partial charge in [-0.1, -0.05) is 12.1 Å². The zero-order valence-corrected chi connectivity index (χ0v) is 20.1. The van der Waals surface area contributed by atoms with Crippen molar-refractivity contribution in [1.29, 1.82) is 0 Å². The Balaban J connectivity index is 0.00000160. The number of halogens is 2. The summed E-state index contributed by atoms with van der Waals surface area (Å²) in [5.41, 5.74) is 3.58. The molecule has 1 aliphatic carbocycles. The van der Waals surface area contributed by atoms with E-state index in [1.54, 1.807) is 10.9 Å². The van der Waals surface area contributed by atoms with Gasteiger partial charge in [-0.05, 0) is 44.9 Å². The van der Waals surface area contributed by atoms with Gasteiger partial charge < -0.3 is 9.80 Å². The van der Waals surface area contributed by atoms with Crippen molar-refractivity contribution in [3.63, 3.8) is 0 Å². The van der Waals surface area contributed by atoms with E-state index in [4.69, 9.17) is 5.10 Å². The summed E-state index contributed by atoms with van der Waals surface area (Å²) in [4.78, 5) is 18.6. The smallest absolute Gasteiger partial charge is 0.290 e. The average Bonchev–Trinajstić information content (AvgIpc) is 3.50. The Morgan fingerprint density at radius 3 is 2.20 bits per heavy atom. The van der Waals surface area contributed by atoms with Gasteiger partial charge in [0.2, 0.25) is 0 Å². The molecule has 2 fully saturated rings. The summed E-state index contributed by atoms with van der Waals surface area (Å²) in [6.45, 7) is 6.32. The van der Waals surface area contributed by atoms with E-state index < -0.39 is 10.8 Å². The molecular formula is C21H30Cl2N4O2S. The van der Waals surface area contributed by atoms with Crippen LogP contribution in [0.2, 0.25) is 0 Å². The van der Waals surface area contributed by atoms with Gasteiger partial charge >= 0.3 is 0 Å². The van der Waals surface area contributed by atoms with Crippen molar-refractivity contribution in [3.8, 4) is 11.3 Å². The van der Waals surface area contributed by atoms with Gasteiger partial charge in [-0.3, -0.25) is 9.00 Å². The van der Waals surface area contributed by atoms with Gasteiger partial charge in [-0.25, -0.2) is 4.68 Å². The van der Waals surface area contributed by atoms with E-state index in [1.165, 1.54) is 12.8 Å². The second kappa shape index (κ2) is 10.3. The SMILES string of the molecule is Cc1c(-c2ccc(S(C)=O)cc2)nn(CC2CC2)c(=O)c1N1CCN(C)CC1.Cl.Cl. The van der Waals surface area contributed by atoms with Gasteiger partial charge in [0.05, 0.1) is 5.69 Å². The second-order valence-electron chi connectivity index (χ2n) is 8.02. The highest BCUT2D eigenvalue weighted by molar-refractivity contribution is 7.84. The minimum atomic E-state index is -1.01. The van der Waals surface area contributed by atoms with Crippen LogP contribution in [0.3, 0.4) is 0 Å². The molecule has 0 spiro atoms. The molecule has 6 nitrogen and oxygen atoms in total. The maximum absolute atomic E-state index is 13.3. The summed E-state index contributed by atoms with van der Waals surface area (Å²) >= 11 is 0. The van der Waals surface area contributed by atoms with Crippen LogP contribution in [0.15, 0.2) is 34.0 Å². The molecule has 0 amide bonds. The van der Waals surface area contributed by atoms with Crippen LogP contribution in [-0.2, 0) is 17.3 Å². The Hall–Kier alpha value is -1.41. The summed E-state index contributed by atoms with van der Waals surface area (Å²) in [7, 11) is 1.11. The fourth-order valence-corrected chi connectivity index (χ4v) is 4.31. The standard InChI is InChI=1S/C21H28N4O2S.2ClH/c1-15-19(17-6-8-18(9-7-17)28(3)27)22-25(14-16-4-5-16)21(26)20(15)24-12-10-23(2)11-13-24;;/h6-9,16H,4-5,10-14H2,1-3H3;2*1H. The first-order chi connectivity index (χ1) is 13.4. The average molecular weight is 473 g/mol. The van der Waals surface area contributed by atoms with Crippen LogP contribution < -0.4 is 10.5 Å². The first-order valence-electron chi connectivity index (χ1n) is 9.93. The van der Waals surface area contributed by atoms with Gasteiger partial charge in [0, 0.05) is 65.8 Å². The Morgan fingerprint density at radius 1 is 1.07 bits per heavy atom. The lowest BCUT2D eigenvalue weighted by atomic mass is 10.1. The van der Waals surface area contributed by atoms with E-state index in [2.05, 4.69) is 16.8 Å². The maximum Gasteiger partial charge on any atom is 0.290 e. The van der Waals surface area contributed by atoms with Gasteiger partial charge in [-0.2, -0.15) is 5.10 Å². The summed E-state index contributed by atoms with van der Waals surface area (Å²) in [5.74, 6) is 0.575. The maximum atomic E-state index is 13.3. The zero-order valence-electron chi connectivity index (χ0n) is 17.7. The van der Waals surface area contributed by atoms with E-state index in [0.717, 1.165) is 53.6 Å². The van der Waals surface area contributed by atoms with Gasteiger partial charge in [0.15, 0.2) is 0 Å². The van der Waals surface area contributed by atoms with Crippen LogP contribution >= 0.6 is 24.8 Å². The molecule has 2 heterocycles. The molecule has 1 unspecified atom stereocenters. The monoisotopic (exact) mass is 472 g/mol. The fraction of sp³-hybridized carbons (Fsp3) is 0.524. The molecule has 0 radical (unpaired) electrons. The molecule has 1 aromatic carbocycles.